The zero-order valence-corrected chi connectivity index (χ0v) is 9.91. The van der Waals surface area contributed by atoms with Crippen molar-refractivity contribution in [3.05, 3.63) is 0 Å². The molecule has 0 radical (unpaired) electrons. The third-order valence-electron chi connectivity index (χ3n) is 3.37. The van der Waals surface area contributed by atoms with Crippen LogP contribution in [-0.4, -0.2) is 35.1 Å². The van der Waals surface area contributed by atoms with Crippen LogP contribution in [-0.2, 0) is 4.79 Å². The van der Waals surface area contributed by atoms with Gasteiger partial charge in [-0.05, 0) is 38.3 Å². The molecule has 1 aliphatic rings. The maximum absolute atomic E-state index is 10.8. The molecule has 1 unspecified atom stereocenters. The van der Waals surface area contributed by atoms with Crippen molar-refractivity contribution in [2.24, 2.45) is 5.92 Å². The van der Waals surface area contributed by atoms with E-state index in [0.717, 1.165) is 31.8 Å². The Morgan fingerprint density at radius 2 is 2.07 bits per heavy atom. The molecule has 0 aromatic carbocycles. The Morgan fingerprint density at radius 3 is 2.53 bits per heavy atom. The van der Waals surface area contributed by atoms with Crippen LogP contribution in [0.25, 0.3) is 0 Å². The van der Waals surface area contributed by atoms with E-state index in [2.05, 4.69) is 18.7 Å². The molecule has 3 nitrogen and oxygen atoms in total. The minimum Gasteiger partial charge on any atom is -0.481 e. The fourth-order valence-corrected chi connectivity index (χ4v) is 2.34. The van der Waals surface area contributed by atoms with Crippen LogP contribution in [0.3, 0.4) is 0 Å². The van der Waals surface area contributed by atoms with Gasteiger partial charge in [0.1, 0.15) is 0 Å². The summed E-state index contributed by atoms with van der Waals surface area (Å²) in [6.07, 6.45) is 4.84. The zero-order chi connectivity index (χ0) is 11.3. The van der Waals surface area contributed by atoms with E-state index in [1.54, 1.807) is 0 Å². The van der Waals surface area contributed by atoms with Gasteiger partial charge in [0.15, 0.2) is 0 Å². The minimum absolute atomic E-state index is 0.264. The quantitative estimate of drug-likeness (QED) is 0.762. The van der Waals surface area contributed by atoms with Crippen LogP contribution in [0, 0.1) is 5.92 Å². The number of likely N-dealkylation sites (tertiary alicyclic amines) is 1. The van der Waals surface area contributed by atoms with Crippen molar-refractivity contribution < 1.29 is 9.90 Å². The lowest BCUT2D eigenvalue weighted by molar-refractivity contribution is -0.138. The Bertz CT molecular complexity index is 198. The topological polar surface area (TPSA) is 40.5 Å². The Kier molecular flexibility index (Phi) is 5.09. The Balaban J connectivity index is 2.44. The molecule has 1 N–H and O–H groups in total. The summed E-state index contributed by atoms with van der Waals surface area (Å²) < 4.78 is 0. The van der Waals surface area contributed by atoms with Crippen molar-refractivity contribution in [1.82, 2.24) is 4.90 Å². The van der Waals surface area contributed by atoms with Crippen molar-refractivity contribution >= 4 is 5.97 Å². The molecule has 1 fully saturated rings. The van der Waals surface area contributed by atoms with Crippen LogP contribution in [0.1, 0.15) is 46.0 Å². The van der Waals surface area contributed by atoms with Crippen molar-refractivity contribution in [3.63, 3.8) is 0 Å². The SMILES string of the molecule is CCCC(CC(=O)O)N1CCC(C)CC1. The molecule has 1 rings (SSSR count). The molecule has 0 saturated carbocycles. The zero-order valence-electron chi connectivity index (χ0n) is 9.91. The second kappa shape index (κ2) is 6.11. The van der Waals surface area contributed by atoms with E-state index < -0.39 is 5.97 Å². The maximum atomic E-state index is 10.8. The maximum Gasteiger partial charge on any atom is 0.304 e. The number of carboxylic acids is 1. The third kappa shape index (κ3) is 4.20. The predicted octanol–water partition coefficient (Wildman–Crippen LogP) is 2.36. The first-order valence-corrected chi connectivity index (χ1v) is 6.09. The minimum atomic E-state index is -0.660. The number of hydrogen-bond donors (Lipinski definition) is 1. The van der Waals surface area contributed by atoms with Crippen molar-refractivity contribution in [3.8, 4) is 0 Å². The molecule has 1 atom stereocenters. The molecular weight excluding hydrogens is 190 g/mol. The lowest BCUT2D eigenvalue weighted by Gasteiger charge is -2.36. The monoisotopic (exact) mass is 213 g/mol. The van der Waals surface area contributed by atoms with Crippen LogP contribution in [0.5, 0.6) is 0 Å². The molecule has 1 heterocycles. The Hall–Kier alpha value is -0.570. The summed E-state index contributed by atoms with van der Waals surface area (Å²) in [4.78, 5) is 13.1. The Labute approximate surface area is 92.5 Å². The standard InChI is InChI=1S/C12H23NO2/c1-3-4-11(9-12(14)15)13-7-5-10(2)6-8-13/h10-11H,3-9H2,1-2H3,(H,14,15). The Morgan fingerprint density at radius 1 is 1.47 bits per heavy atom. The summed E-state index contributed by atoms with van der Waals surface area (Å²) in [5, 5.41) is 8.87. The van der Waals surface area contributed by atoms with E-state index in [1.807, 2.05) is 0 Å². The smallest absolute Gasteiger partial charge is 0.304 e. The largest absolute Gasteiger partial charge is 0.481 e. The van der Waals surface area contributed by atoms with Gasteiger partial charge in [0.25, 0.3) is 0 Å². The first-order valence-electron chi connectivity index (χ1n) is 6.09. The molecule has 3 heteroatoms. The van der Waals surface area contributed by atoms with Gasteiger partial charge in [-0.15, -0.1) is 0 Å². The summed E-state index contributed by atoms with van der Waals surface area (Å²) in [5.41, 5.74) is 0. The van der Waals surface area contributed by atoms with E-state index in [1.165, 1.54) is 12.8 Å². The number of carbonyl (C=O) groups is 1. The summed E-state index contributed by atoms with van der Waals surface area (Å²) in [7, 11) is 0. The van der Waals surface area contributed by atoms with Gasteiger partial charge in [-0.2, -0.15) is 0 Å². The van der Waals surface area contributed by atoms with Gasteiger partial charge in [0, 0.05) is 6.04 Å². The molecule has 0 aromatic heterocycles. The molecule has 0 aliphatic carbocycles. The van der Waals surface area contributed by atoms with Gasteiger partial charge in [-0.25, -0.2) is 0 Å². The average molecular weight is 213 g/mol. The van der Waals surface area contributed by atoms with Gasteiger partial charge >= 0.3 is 5.97 Å². The number of hydrogen-bond acceptors (Lipinski definition) is 2. The van der Waals surface area contributed by atoms with Gasteiger partial charge in [0.05, 0.1) is 6.42 Å². The molecule has 1 saturated heterocycles. The van der Waals surface area contributed by atoms with Gasteiger partial charge in [-0.1, -0.05) is 20.3 Å². The highest BCUT2D eigenvalue weighted by molar-refractivity contribution is 5.67. The highest BCUT2D eigenvalue weighted by atomic mass is 16.4. The summed E-state index contributed by atoms with van der Waals surface area (Å²) in [5.74, 6) is 0.153. The highest BCUT2D eigenvalue weighted by Crippen LogP contribution is 2.21. The van der Waals surface area contributed by atoms with Gasteiger partial charge < -0.3 is 5.11 Å². The highest BCUT2D eigenvalue weighted by Gasteiger charge is 2.24. The second-order valence-corrected chi connectivity index (χ2v) is 4.76. The summed E-state index contributed by atoms with van der Waals surface area (Å²) in [6.45, 7) is 6.57. The van der Waals surface area contributed by atoms with E-state index >= 15 is 0 Å². The summed E-state index contributed by atoms with van der Waals surface area (Å²) >= 11 is 0. The van der Waals surface area contributed by atoms with Crippen LogP contribution >= 0.6 is 0 Å². The molecular formula is C12H23NO2. The molecule has 15 heavy (non-hydrogen) atoms. The van der Waals surface area contributed by atoms with E-state index in [-0.39, 0.29) is 6.04 Å². The molecule has 0 aromatic rings. The first-order chi connectivity index (χ1) is 7.13. The number of aliphatic carboxylic acids is 1. The molecule has 0 bridgehead atoms. The normalized spacial score (nSPS) is 21.5. The lowest BCUT2D eigenvalue weighted by Crippen LogP contribution is -2.42. The van der Waals surface area contributed by atoms with Gasteiger partial charge in [-0.3, -0.25) is 9.69 Å². The lowest BCUT2D eigenvalue weighted by atomic mass is 9.96. The van der Waals surface area contributed by atoms with Crippen LogP contribution in [0.2, 0.25) is 0 Å². The molecule has 0 spiro atoms. The molecule has 0 amide bonds. The van der Waals surface area contributed by atoms with Gasteiger partial charge in [0.2, 0.25) is 0 Å². The van der Waals surface area contributed by atoms with E-state index in [0.29, 0.717) is 6.42 Å². The number of piperidine rings is 1. The van der Waals surface area contributed by atoms with Crippen molar-refractivity contribution in [2.75, 3.05) is 13.1 Å². The number of rotatable bonds is 5. The summed E-state index contributed by atoms with van der Waals surface area (Å²) in [6, 6.07) is 0.264. The van der Waals surface area contributed by atoms with Crippen molar-refractivity contribution in [1.29, 1.82) is 0 Å². The van der Waals surface area contributed by atoms with Crippen LogP contribution < -0.4 is 0 Å². The molecule has 88 valence electrons. The number of carboxylic acid groups (broad SMARTS) is 1. The first kappa shape index (κ1) is 12.5. The third-order valence-corrected chi connectivity index (χ3v) is 3.37. The number of nitrogens with zero attached hydrogens (tertiary/aromatic N) is 1. The second-order valence-electron chi connectivity index (χ2n) is 4.76. The van der Waals surface area contributed by atoms with Crippen LogP contribution in [0.4, 0.5) is 0 Å². The van der Waals surface area contributed by atoms with Crippen LogP contribution in [0.15, 0.2) is 0 Å². The average Bonchev–Trinajstić information content (AvgIpc) is 2.17. The van der Waals surface area contributed by atoms with E-state index in [9.17, 15) is 4.79 Å². The fraction of sp³-hybridized carbons (Fsp3) is 0.917. The predicted molar refractivity (Wildman–Crippen MR) is 60.9 cm³/mol. The fourth-order valence-electron chi connectivity index (χ4n) is 2.34. The molecule has 1 aliphatic heterocycles. The van der Waals surface area contributed by atoms with Crippen molar-refractivity contribution in [2.45, 2.75) is 52.0 Å². The van der Waals surface area contributed by atoms with E-state index in [4.69, 9.17) is 5.11 Å².